The first-order valence-corrected chi connectivity index (χ1v) is 14.0. The number of sulfone groups is 1. The van der Waals surface area contributed by atoms with Crippen LogP contribution in [-0.2, 0) is 19.4 Å². The molecule has 2 saturated carbocycles. The van der Waals surface area contributed by atoms with Crippen LogP contribution in [0.3, 0.4) is 0 Å². The van der Waals surface area contributed by atoms with Crippen LogP contribution in [0.2, 0.25) is 5.02 Å². The van der Waals surface area contributed by atoms with E-state index in [-0.39, 0.29) is 6.61 Å². The highest BCUT2D eigenvalue weighted by atomic mass is 35.5. The summed E-state index contributed by atoms with van der Waals surface area (Å²) in [5, 5.41) is 13.2. The second kappa shape index (κ2) is 11.7. The van der Waals surface area contributed by atoms with Crippen LogP contribution >= 0.6 is 11.6 Å². The van der Waals surface area contributed by atoms with Crippen LogP contribution in [0.25, 0.3) is 0 Å². The minimum atomic E-state index is -4.95. The van der Waals surface area contributed by atoms with Crippen molar-refractivity contribution in [2.75, 3.05) is 19.0 Å². The van der Waals surface area contributed by atoms with E-state index in [1.807, 2.05) is 0 Å². The minimum Gasteiger partial charge on any atom is -0.389 e. The first-order valence-electron chi connectivity index (χ1n) is 14.6. The minimum absolute atomic E-state index is 0.113. The van der Waals surface area contributed by atoms with E-state index < -0.39 is 121 Å². The molecule has 0 heterocycles. The number of fused-ring (bicyclic) bond motifs is 2. The number of anilines is 1. The van der Waals surface area contributed by atoms with E-state index in [9.17, 15) is 36.3 Å². The molecule has 40 heavy (non-hydrogen) atoms. The summed E-state index contributed by atoms with van der Waals surface area (Å²) in [4.78, 5) is 24.9. The molecule has 0 radical (unpaired) electrons. The summed E-state index contributed by atoms with van der Waals surface area (Å²) in [5.41, 5.74) is -3.25. The number of halogens is 4. The van der Waals surface area contributed by atoms with Crippen molar-refractivity contribution in [2.45, 2.75) is 60.7 Å². The van der Waals surface area contributed by atoms with Gasteiger partial charge in [-0.15, -0.1) is 0 Å². The van der Waals surface area contributed by atoms with Crippen molar-refractivity contribution < 1.29 is 47.9 Å². The molecule has 2 aromatic rings. The summed E-state index contributed by atoms with van der Waals surface area (Å²) in [5.74, 6) is -10.4. The lowest BCUT2D eigenvalue weighted by Crippen LogP contribution is -2.51. The highest BCUT2D eigenvalue weighted by Crippen LogP contribution is 2.53. The summed E-state index contributed by atoms with van der Waals surface area (Å²) in [6.45, 7) is 1.72. The Morgan fingerprint density at radius 1 is 1.20 bits per heavy atom. The van der Waals surface area contributed by atoms with Crippen LogP contribution < -0.4 is 10.6 Å². The van der Waals surface area contributed by atoms with Crippen molar-refractivity contribution in [1.82, 2.24) is 5.32 Å². The van der Waals surface area contributed by atoms with Crippen LogP contribution in [0.1, 0.15) is 56.1 Å². The number of hydrogen-bond donors (Lipinski definition) is 3. The number of ether oxygens (including phenoxy) is 1. The third-order valence-electron chi connectivity index (χ3n) is 6.87. The number of hydrogen-bond acceptors (Lipinski definition) is 6. The fourth-order valence-electron chi connectivity index (χ4n) is 4.87. The fraction of sp³-hybridized carbons (Fsp3) is 0.481. The second-order valence-corrected chi connectivity index (χ2v) is 12.2. The lowest BCUT2D eigenvalue weighted by Gasteiger charge is -2.42. The van der Waals surface area contributed by atoms with Crippen molar-refractivity contribution in [3.8, 4) is 0 Å². The maximum absolute atomic E-state index is 14.0. The Bertz CT molecular complexity index is 1600. The average Bonchev–Trinajstić information content (AvgIpc) is 2.97. The molecule has 0 saturated heterocycles. The molecule has 4 unspecified atom stereocenters. The van der Waals surface area contributed by atoms with Gasteiger partial charge in [0.15, 0.2) is 27.3 Å². The number of rotatable bonds is 9. The Labute approximate surface area is 242 Å². The number of amides is 2. The predicted molar refractivity (Wildman–Crippen MR) is 141 cm³/mol. The van der Waals surface area contributed by atoms with Crippen molar-refractivity contribution in [1.29, 1.82) is 0 Å². The Kier molecular flexibility index (Phi) is 7.00. The SMILES string of the molecule is [2H]C1([2H])C2CC([2H])(S(=O)(=O)c3cc(C(=O)Nc4cc(F)c(F)c(F)c4)ccc3Cl)C[C@@H](C2(O)CC(=O)NC(C)COC)C1([2H])[2H]. The Hall–Kier alpha value is -2.67. The maximum atomic E-state index is 14.0. The van der Waals surface area contributed by atoms with Gasteiger partial charge in [0.1, 0.15) is 0 Å². The third-order valence-corrected chi connectivity index (χ3v) is 9.33. The first kappa shape index (κ1) is 24.0. The Balaban J connectivity index is 1.68. The van der Waals surface area contributed by atoms with Gasteiger partial charge in [-0.25, -0.2) is 21.6 Å². The standard InChI is InChI=1S/C27H30ClF3N2O6S/c1-14(13-39-2)32-24(34)12-27(36)16-4-5-17(27)9-19(8-16)40(37,38)23-7-15(3-6-20(23)28)26(35)33-18-10-21(29)25(31)22(30)11-18/h3,6-7,10-11,14,16-17,19,36H,4-5,8-9,12-13H2,1-2H3,(H,32,34)(H,33,35)/t14?,16-,17?,19?,27?/m0/s1/i4D2,5D2,19D. The summed E-state index contributed by atoms with van der Waals surface area (Å²) in [7, 11) is -3.55. The summed E-state index contributed by atoms with van der Waals surface area (Å²) >= 11 is 6.19. The molecule has 5 atom stereocenters. The lowest BCUT2D eigenvalue weighted by atomic mass is 9.72. The van der Waals surface area contributed by atoms with Gasteiger partial charge in [-0.1, -0.05) is 11.6 Å². The van der Waals surface area contributed by atoms with Gasteiger partial charge in [-0.2, -0.15) is 0 Å². The van der Waals surface area contributed by atoms with E-state index in [2.05, 4.69) is 10.6 Å². The number of aliphatic hydroxyl groups is 1. The summed E-state index contributed by atoms with van der Waals surface area (Å²) < 4.78 is 117. The highest BCUT2D eigenvalue weighted by molar-refractivity contribution is 7.92. The van der Waals surface area contributed by atoms with E-state index >= 15 is 0 Å². The van der Waals surface area contributed by atoms with Gasteiger partial charge >= 0.3 is 0 Å². The molecule has 2 aromatic carbocycles. The van der Waals surface area contributed by atoms with Crippen LogP contribution in [-0.4, -0.2) is 55.9 Å². The quantitative estimate of drug-likeness (QED) is 0.367. The monoisotopic (exact) mass is 607 g/mol. The largest absolute Gasteiger partial charge is 0.389 e. The lowest BCUT2D eigenvalue weighted by molar-refractivity contribution is -0.133. The van der Waals surface area contributed by atoms with Crippen LogP contribution in [0.5, 0.6) is 0 Å². The zero-order valence-electron chi connectivity index (χ0n) is 26.4. The summed E-state index contributed by atoms with van der Waals surface area (Å²) in [6.07, 6.45) is -8.37. The second-order valence-electron chi connectivity index (χ2n) is 9.79. The molecule has 0 spiro atoms. The topological polar surface area (TPSA) is 122 Å². The number of nitrogens with one attached hydrogen (secondary N) is 2. The molecule has 4 rings (SSSR count). The Morgan fingerprint density at radius 2 is 1.80 bits per heavy atom. The molecule has 8 nitrogen and oxygen atoms in total. The molecule has 2 aliphatic rings. The molecular formula is C27H30ClF3N2O6S. The van der Waals surface area contributed by atoms with Gasteiger partial charge < -0.3 is 20.5 Å². The zero-order valence-corrected chi connectivity index (χ0v) is 22.9. The van der Waals surface area contributed by atoms with Gasteiger partial charge in [0, 0.05) is 43.4 Å². The Morgan fingerprint density at radius 3 is 2.38 bits per heavy atom. The molecule has 2 fully saturated rings. The number of methoxy groups -OCH3 is 1. The van der Waals surface area contributed by atoms with Crippen LogP contribution in [0.4, 0.5) is 18.9 Å². The smallest absolute Gasteiger partial charge is 0.255 e. The van der Waals surface area contributed by atoms with Crippen LogP contribution in [0.15, 0.2) is 35.2 Å². The molecular weight excluding hydrogens is 573 g/mol. The number of carbonyl (C=O) groups excluding carboxylic acids is 2. The maximum Gasteiger partial charge on any atom is 0.255 e. The molecule has 218 valence electrons. The van der Waals surface area contributed by atoms with E-state index in [1.165, 1.54) is 7.11 Å². The highest BCUT2D eigenvalue weighted by Gasteiger charge is 2.56. The van der Waals surface area contributed by atoms with Crippen molar-refractivity contribution in [3.63, 3.8) is 0 Å². The van der Waals surface area contributed by atoms with Gasteiger partial charge in [-0.05, 0) is 62.5 Å². The van der Waals surface area contributed by atoms with E-state index in [1.54, 1.807) is 6.92 Å². The van der Waals surface area contributed by atoms with Crippen molar-refractivity contribution >= 4 is 38.9 Å². The van der Waals surface area contributed by atoms with Gasteiger partial charge in [0.25, 0.3) is 5.91 Å². The fourth-order valence-corrected chi connectivity index (χ4v) is 6.98. The van der Waals surface area contributed by atoms with Crippen LogP contribution in [0, 0.1) is 29.3 Å². The van der Waals surface area contributed by atoms with E-state index in [4.69, 9.17) is 23.2 Å². The van der Waals surface area contributed by atoms with Gasteiger partial charge in [0.05, 0.1) is 33.8 Å². The third kappa shape index (κ3) is 6.00. The van der Waals surface area contributed by atoms with E-state index in [0.717, 1.165) is 18.2 Å². The average molecular weight is 608 g/mol. The number of benzene rings is 2. The number of carbonyl (C=O) groups is 2. The van der Waals surface area contributed by atoms with Gasteiger partial charge in [-0.3, -0.25) is 9.59 Å². The first-order chi connectivity index (χ1) is 20.6. The molecule has 0 aliphatic heterocycles. The predicted octanol–water partition coefficient (Wildman–Crippen LogP) is 4.24. The van der Waals surface area contributed by atoms with Crippen molar-refractivity contribution in [2.24, 2.45) is 11.8 Å². The normalized spacial score (nSPS) is 31.1. The molecule has 13 heteroatoms. The molecule has 2 aliphatic carbocycles. The van der Waals surface area contributed by atoms with Crippen molar-refractivity contribution in [3.05, 3.63) is 58.4 Å². The molecule has 0 aromatic heterocycles. The van der Waals surface area contributed by atoms with Gasteiger partial charge in [0.2, 0.25) is 5.91 Å². The van der Waals surface area contributed by atoms with E-state index in [0.29, 0.717) is 12.1 Å². The molecule has 2 bridgehead atoms. The molecule has 2 amide bonds. The molecule has 3 N–H and O–H groups in total. The summed E-state index contributed by atoms with van der Waals surface area (Å²) in [6, 6.07) is 3.37. The zero-order chi connectivity index (χ0) is 33.9.